The smallest absolute Gasteiger partial charge is 0.271 e. The molecule has 2 N–H and O–H groups in total. The Hall–Kier alpha value is -1.56. The monoisotopic (exact) mass is 300 g/mol. The van der Waals surface area contributed by atoms with Crippen LogP contribution < -0.4 is 5.32 Å². The summed E-state index contributed by atoms with van der Waals surface area (Å²) in [5, 5.41) is 12.6. The molecule has 2 rings (SSSR count). The second kappa shape index (κ2) is 6.06. The fourth-order valence-electron chi connectivity index (χ4n) is 1.43. The number of pyridine rings is 1. The summed E-state index contributed by atoms with van der Waals surface area (Å²) in [4.78, 5) is 15.7. The van der Waals surface area contributed by atoms with Crippen molar-refractivity contribution < 1.29 is 14.3 Å². The SMILES string of the molecule is O=C(NCC(O)c1ccco1)c1nc(Cl)ccc1Cl. The zero-order valence-electron chi connectivity index (χ0n) is 9.64. The number of carbonyl (C=O) groups excluding carboxylic acids is 1. The lowest BCUT2D eigenvalue weighted by Gasteiger charge is -2.10. The first-order valence-corrected chi connectivity index (χ1v) is 6.15. The van der Waals surface area contributed by atoms with Gasteiger partial charge in [0.05, 0.1) is 17.8 Å². The van der Waals surface area contributed by atoms with Crippen LogP contribution in [0.1, 0.15) is 22.4 Å². The van der Waals surface area contributed by atoms with Crippen LogP contribution in [0.25, 0.3) is 0 Å². The highest BCUT2D eigenvalue weighted by atomic mass is 35.5. The van der Waals surface area contributed by atoms with Gasteiger partial charge >= 0.3 is 0 Å². The lowest BCUT2D eigenvalue weighted by Crippen LogP contribution is -2.29. The van der Waals surface area contributed by atoms with Gasteiger partial charge in [-0.2, -0.15) is 0 Å². The topological polar surface area (TPSA) is 75.4 Å². The molecule has 1 unspecified atom stereocenters. The average Bonchev–Trinajstić information content (AvgIpc) is 2.92. The Morgan fingerprint density at radius 2 is 2.21 bits per heavy atom. The molecule has 2 aromatic heterocycles. The van der Waals surface area contributed by atoms with Crippen LogP contribution in [0.4, 0.5) is 0 Å². The van der Waals surface area contributed by atoms with Gasteiger partial charge in [0, 0.05) is 0 Å². The zero-order chi connectivity index (χ0) is 13.8. The highest BCUT2D eigenvalue weighted by molar-refractivity contribution is 6.34. The lowest BCUT2D eigenvalue weighted by atomic mass is 10.2. The fraction of sp³-hybridized carbons (Fsp3) is 0.167. The predicted molar refractivity (Wildman–Crippen MR) is 70.3 cm³/mol. The standard InChI is InChI=1S/C12H10Cl2N2O3/c13-7-3-4-10(14)16-11(7)12(18)15-6-8(17)9-2-1-5-19-9/h1-5,8,17H,6H2,(H,15,18). The molecule has 0 saturated heterocycles. The molecule has 0 bridgehead atoms. The normalized spacial score (nSPS) is 12.2. The summed E-state index contributed by atoms with van der Waals surface area (Å²) in [6.07, 6.45) is 0.507. The first-order valence-electron chi connectivity index (χ1n) is 5.39. The number of carbonyl (C=O) groups is 1. The van der Waals surface area contributed by atoms with E-state index in [1.165, 1.54) is 18.4 Å². The van der Waals surface area contributed by atoms with E-state index < -0.39 is 12.0 Å². The number of aliphatic hydroxyl groups is 1. The van der Waals surface area contributed by atoms with Crippen molar-refractivity contribution in [1.82, 2.24) is 10.3 Å². The van der Waals surface area contributed by atoms with Crippen LogP contribution in [0.15, 0.2) is 34.9 Å². The van der Waals surface area contributed by atoms with Crippen molar-refractivity contribution >= 4 is 29.1 Å². The maximum Gasteiger partial charge on any atom is 0.271 e. The van der Waals surface area contributed by atoms with Crippen molar-refractivity contribution in [2.45, 2.75) is 6.10 Å². The van der Waals surface area contributed by atoms with Crippen molar-refractivity contribution in [1.29, 1.82) is 0 Å². The van der Waals surface area contributed by atoms with Crippen LogP contribution in [-0.2, 0) is 0 Å². The molecule has 1 amide bonds. The van der Waals surface area contributed by atoms with Gasteiger partial charge < -0.3 is 14.8 Å². The number of nitrogens with zero attached hydrogens (tertiary/aromatic N) is 1. The number of amides is 1. The van der Waals surface area contributed by atoms with Gasteiger partial charge in [0.1, 0.15) is 22.7 Å². The first-order chi connectivity index (χ1) is 9.08. The minimum Gasteiger partial charge on any atom is -0.467 e. The van der Waals surface area contributed by atoms with E-state index in [9.17, 15) is 9.90 Å². The Bertz CT molecular complexity index is 572. The Morgan fingerprint density at radius 1 is 1.42 bits per heavy atom. The number of rotatable bonds is 4. The highest BCUT2D eigenvalue weighted by Gasteiger charge is 2.16. The summed E-state index contributed by atoms with van der Waals surface area (Å²) in [6, 6.07) is 6.23. The van der Waals surface area contributed by atoms with Crippen molar-refractivity contribution in [3.8, 4) is 0 Å². The largest absolute Gasteiger partial charge is 0.467 e. The number of furan rings is 1. The fourth-order valence-corrected chi connectivity index (χ4v) is 1.77. The molecule has 0 fully saturated rings. The molecule has 0 aliphatic carbocycles. The maximum absolute atomic E-state index is 11.8. The molecule has 19 heavy (non-hydrogen) atoms. The summed E-state index contributed by atoms with van der Waals surface area (Å²) in [6.45, 7) is -0.0170. The van der Waals surface area contributed by atoms with E-state index in [0.717, 1.165) is 0 Å². The third kappa shape index (κ3) is 3.47. The summed E-state index contributed by atoms with van der Waals surface area (Å²) < 4.78 is 5.01. The van der Waals surface area contributed by atoms with Crippen molar-refractivity contribution in [2.24, 2.45) is 0 Å². The Labute approximate surface area is 119 Å². The molecular weight excluding hydrogens is 291 g/mol. The predicted octanol–water partition coefficient (Wildman–Crippen LogP) is 2.44. The van der Waals surface area contributed by atoms with Gasteiger partial charge in [-0.3, -0.25) is 4.79 Å². The molecule has 5 nitrogen and oxygen atoms in total. The summed E-state index contributed by atoms with van der Waals surface area (Å²) in [5.41, 5.74) is 0.0146. The molecule has 0 radical (unpaired) electrons. The minimum absolute atomic E-state index is 0.0146. The number of aliphatic hydroxyl groups excluding tert-OH is 1. The van der Waals surface area contributed by atoms with Gasteiger partial charge in [-0.15, -0.1) is 0 Å². The molecule has 0 aromatic carbocycles. The van der Waals surface area contributed by atoms with Crippen LogP contribution >= 0.6 is 23.2 Å². The van der Waals surface area contributed by atoms with Crippen LogP contribution in [-0.4, -0.2) is 22.5 Å². The van der Waals surface area contributed by atoms with Crippen LogP contribution in [0.3, 0.4) is 0 Å². The van der Waals surface area contributed by atoms with Crippen molar-refractivity contribution in [3.63, 3.8) is 0 Å². The second-order valence-corrected chi connectivity index (χ2v) is 4.50. The van der Waals surface area contributed by atoms with E-state index in [4.69, 9.17) is 27.6 Å². The molecule has 0 aliphatic heterocycles. The average molecular weight is 301 g/mol. The summed E-state index contributed by atoms with van der Waals surface area (Å²) in [7, 11) is 0. The van der Waals surface area contributed by atoms with E-state index in [1.807, 2.05) is 0 Å². The molecule has 0 saturated carbocycles. The van der Waals surface area contributed by atoms with E-state index in [2.05, 4.69) is 10.3 Å². The van der Waals surface area contributed by atoms with E-state index in [0.29, 0.717) is 5.76 Å². The van der Waals surface area contributed by atoms with E-state index >= 15 is 0 Å². The number of halogens is 2. The van der Waals surface area contributed by atoms with E-state index in [-0.39, 0.29) is 22.4 Å². The number of hydrogen-bond acceptors (Lipinski definition) is 4. The van der Waals surface area contributed by atoms with Crippen molar-refractivity contribution in [3.05, 3.63) is 52.2 Å². The number of nitrogens with one attached hydrogen (secondary N) is 1. The van der Waals surface area contributed by atoms with Crippen LogP contribution in [0.5, 0.6) is 0 Å². The number of aromatic nitrogens is 1. The lowest BCUT2D eigenvalue weighted by molar-refractivity contribution is 0.0896. The molecular formula is C12H10Cl2N2O3. The first kappa shape index (κ1) is 13.9. The molecule has 0 aliphatic rings. The van der Waals surface area contributed by atoms with Crippen LogP contribution in [0.2, 0.25) is 10.2 Å². The van der Waals surface area contributed by atoms with Gasteiger partial charge in [0.2, 0.25) is 0 Å². The number of hydrogen-bond donors (Lipinski definition) is 2. The Kier molecular flexibility index (Phi) is 4.42. The van der Waals surface area contributed by atoms with Gasteiger partial charge in [-0.1, -0.05) is 23.2 Å². The molecule has 0 spiro atoms. The molecule has 2 heterocycles. The minimum atomic E-state index is -0.933. The molecule has 1 atom stereocenters. The van der Waals surface area contributed by atoms with Gasteiger partial charge in [0.25, 0.3) is 5.91 Å². The van der Waals surface area contributed by atoms with Crippen molar-refractivity contribution in [2.75, 3.05) is 6.54 Å². The Balaban J connectivity index is 2.00. The third-order valence-electron chi connectivity index (χ3n) is 2.35. The second-order valence-electron chi connectivity index (χ2n) is 3.71. The quantitative estimate of drug-likeness (QED) is 0.851. The summed E-state index contributed by atoms with van der Waals surface area (Å²) in [5.74, 6) is -0.149. The van der Waals surface area contributed by atoms with E-state index in [1.54, 1.807) is 12.1 Å². The highest BCUT2D eigenvalue weighted by Crippen LogP contribution is 2.17. The molecule has 7 heteroatoms. The van der Waals surface area contributed by atoms with Gasteiger partial charge in [-0.05, 0) is 24.3 Å². The van der Waals surface area contributed by atoms with Gasteiger partial charge in [-0.25, -0.2) is 4.98 Å². The summed E-state index contributed by atoms with van der Waals surface area (Å²) >= 11 is 11.5. The van der Waals surface area contributed by atoms with Crippen LogP contribution in [0, 0.1) is 0 Å². The van der Waals surface area contributed by atoms with Gasteiger partial charge in [0.15, 0.2) is 0 Å². The molecule has 2 aromatic rings. The molecule has 100 valence electrons. The zero-order valence-corrected chi connectivity index (χ0v) is 11.1. The Morgan fingerprint density at radius 3 is 2.89 bits per heavy atom. The third-order valence-corrected chi connectivity index (χ3v) is 2.87. The maximum atomic E-state index is 11.8.